The molecule has 2 atom stereocenters. The van der Waals surface area contributed by atoms with E-state index in [1.165, 1.54) is 25.7 Å². The highest BCUT2D eigenvalue weighted by molar-refractivity contribution is 9.10. The number of hydrogen-bond acceptors (Lipinski definition) is 2. The van der Waals surface area contributed by atoms with Crippen LogP contribution in [0, 0.1) is 0 Å². The van der Waals surface area contributed by atoms with Crippen molar-refractivity contribution in [1.82, 2.24) is 0 Å². The fraction of sp³-hybridized carbons (Fsp3) is 0.625. The highest BCUT2D eigenvalue weighted by Gasteiger charge is 2.36. The molecule has 1 heterocycles. The van der Waals surface area contributed by atoms with E-state index >= 15 is 0 Å². The highest BCUT2D eigenvalue weighted by atomic mass is 79.9. The van der Waals surface area contributed by atoms with Crippen LogP contribution < -0.4 is 4.74 Å². The Kier molecular flexibility index (Phi) is 4.91. The number of hydrogen-bond donors (Lipinski definition) is 1. The van der Waals surface area contributed by atoms with Crippen molar-refractivity contribution in [2.24, 2.45) is 0 Å². The van der Waals surface area contributed by atoms with Crippen molar-refractivity contribution in [2.75, 3.05) is 0 Å². The van der Waals surface area contributed by atoms with Crippen molar-refractivity contribution in [3.05, 3.63) is 28.2 Å². The number of rotatable bonds is 5. The van der Waals surface area contributed by atoms with E-state index in [0.717, 1.165) is 22.2 Å². The molecule has 1 N–H and O–H groups in total. The van der Waals surface area contributed by atoms with Gasteiger partial charge in [-0.25, -0.2) is 0 Å². The minimum absolute atomic E-state index is 0.228. The first-order chi connectivity index (χ1) is 9.04. The van der Waals surface area contributed by atoms with Crippen LogP contribution in [0.2, 0.25) is 0 Å². The minimum atomic E-state index is -0.419. The molecule has 0 saturated carbocycles. The number of fused-ring (bicyclic) bond motifs is 1. The SMILES string of the molecule is CCCCCCC1(C)C[C@H](O)c2cc(Br)ccc2O1. The summed E-state index contributed by atoms with van der Waals surface area (Å²) in [5.41, 5.74) is 0.675. The molecule has 106 valence electrons. The first-order valence-corrected chi connectivity index (χ1v) is 8.00. The van der Waals surface area contributed by atoms with E-state index in [2.05, 4.69) is 29.8 Å². The summed E-state index contributed by atoms with van der Waals surface area (Å²) in [4.78, 5) is 0. The molecule has 0 amide bonds. The van der Waals surface area contributed by atoms with Crippen molar-refractivity contribution >= 4 is 15.9 Å². The van der Waals surface area contributed by atoms with Gasteiger partial charge in [0, 0.05) is 16.5 Å². The second kappa shape index (κ2) is 6.27. The number of aliphatic hydroxyl groups excluding tert-OH is 1. The summed E-state index contributed by atoms with van der Waals surface area (Å²) in [5.74, 6) is 0.833. The molecule has 1 aromatic carbocycles. The second-order valence-electron chi connectivity index (χ2n) is 5.76. The van der Waals surface area contributed by atoms with Crippen molar-refractivity contribution in [3.8, 4) is 5.75 Å². The van der Waals surface area contributed by atoms with E-state index in [4.69, 9.17) is 4.74 Å². The van der Waals surface area contributed by atoms with Crippen LogP contribution in [-0.2, 0) is 0 Å². The van der Waals surface area contributed by atoms with Gasteiger partial charge in [-0.3, -0.25) is 0 Å². The lowest BCUT2D eigenvalue weighted by atomic mass is 9.86. The van der Waals surface area contributed by atoms with E-state index in [0.29, 0.717) is 6.42 Å². The molecule has 0 bridgehead atoms. The average molecular weight is 327 g/mol. The van der Waals surface area contributed by atoms with Gasteiger partial charge in [-0.15, -0.1) is 0 Å². The fourth-order valence-corrected chi connectivity index (χ4v) is 3.16. The zero-order valence-electron chi connectivity index (χ0n) is 11.8. The smallest absolute Gasteiger partial charge is 0.126 e. The van der Waals surface area contributed by atoms with Crippen LogP contribution in [0.3, 0.4) is 0 Å². The summed E-state index contributed by atoms with van der Waals surface area (Å²) in [5, 5.41) is 10.3. The predicted molar refractivity (Wildman–Crippen MR) is 81.5 cm³/mol. The van der Waals surface area contributed by atoms with Crippen LogP contribution in [0.25, 0.3) is 0 Å². The highest BCUT2D eigenvalue weighted by Crippen LogP contribution is 2.42. The van der Waals surface area contributed by atoms with E-state index < -0.39 is 6.10 Å². The predicted octanol–water partition coefficient (Wildman–Crippen LogP) is 4.99. The molecular formula is C16H23BrO2. The lowest BCUT2D eigenvalue weighted by Crippen LogP contribution is -2.38. The topological polar surface area (TPSA) is 29.5 Å². The van der Waals surface area contributed by atoms with Crippen molar-refractivity contribution in [2.45, 2.75) is 64.1 Å². The Morgan fingerprint density at radius 1 is 1.37 bits per heavy atom. The third kappa shape index (κ3) is 3.73. The normalized spacial score (nSPS) is 25.8. The Morgan fingerprint density at radius 2 is 2.16 bits per heavy atom. The molecule has 19 heavy (non-hydrogen) atoms. The van der Waals surface area contributed by atoms with Gasteiger partial charge < -0.3 is 9.84 Å². The molecule has 1 aromatic rings. The summed E-state index contributed by atoms with van der Waals surface area (Å²) < 4.78 is 7.13. The van der Waals surface area contributed by atoms with Gasteiger partial charge in [-0.1, -0.05) is 42.1 Å². The van der Waals surface area contributed by atoms with E-state index in [9.17, 15) is 5.11 Å². The van der Waals surface area contributed by atoms with Crippen LogP contribution >= 0.6 is 15.9 Å². The van der Waals surface area contributed by atoms with Gasteiger partial charge in [0.1, 0.15) is 11.4 Å². The van der Waals surface area contributed by atoms with Gasteiger partial charge in [0.2, 0.25) is 0 Å². The summed E-state index contributed by atoms with van der Waals surface area (Å²) >= 11 is 3.44. The first-order valence-electron chi connectivity index (χ1n) is 7.20. The number of ether oxygens (including phenoxy) is 1. The summed E-state index contributed by atoms with van der Waals surface area (Å²) in [6.45, 7) is 4.34. The van der Waals surface area contributed by atoms with Gasteiger partial charge in [0.25, 0.3) is 0 Å². The van der Waals surface area contributed by atoms with E-state index in [1.807, 2.05) is 18.2 Å². The Labute approximate surface area is 124 Å². The van der Waals surface area contributed by atoms with Gasteiger partial charge in [0.05, 0.1) is 6.10 Å². The van der Waals surface area contributed by atoms with E-state index in [1.54, 1.807) is 0 Å². The van der Waals surface area contributed by atoms with Crippen molar-refractivity contribution in [3.63, 3.8) is 0 Å². The summed E-state index contributed by atoms with van der Waals surface area (Å²) in [6, 6.07) is 5.87. The summed E-state index contributed by atoms with van der Waals surface area (Å²) in [6.07, 6.45) is 6.22. The third-order valence-electron chi connectivity index (χ3n) is 3.87. The Bertz CT molecular complexity index is 433. The van der Waals surface area contributed by atoms with Gasteiger partial charge in [-0.05, 0) is 38.0 Å². The zero-order chi connectivity index (χ0) is 13.9. The zero-order valence-corrected chi connectivity index (χ0v) is 13.4. The Morgan fingerprint density at radius 3 is 2.89 bits per heavy atom. The third-order valence-corrected chi connectivity index (χ3v) is 4.36. The Hall–Kier alpha value is -0.540. The molecule has 3 heteroatoms. The maximum atomic E-state index is 10.3. The second-order valence-corrected chi connectivity index (χ2v) is 6.68. The molecule has 0 radical (unpaired) electrons. The molecule has 0 aliphatic carbocycles. The van der Waals surface area contributed by atoms with Gasteiger partial charge >= 0.3 is 0 Å². The molecular weight excluding hydrogens is 304 g/mol. The maximum absolute atomic E-state index is 10.3. The lowest BCUT2D eigenvalue weighted by Gasteiger charge is -2.38. The average Bonchev–Trinajstić information content (AvgIpc) is 2.36. The van der Waals surface area contributed by atoms with Gasteiger partial charge in [0.15, 0.2) is 0 Å². The molecule has 1 aliphatic rings. The molecule has 0 spiro atoms. The molecule has 0 aromatic heterocycles. The number of benzene rings is 1. The molecule has 2 nitrogen and oxygen atoms in total. The maximum Gasteiger partial charge on any atom is 0.126 e. The van der Waals surface area contributed by atoms with Crippen LogP contribution in [0.5, 0.6) is 5.75 Å². The molecule has 1 unspecified atom stereocenters. The van der Waals surface area contributed by atoms with Crippen LogP contribution in [-0.4, -0.2) is 10.7 Å². The number of unbranched alkanes of at least 4 members (excludes halogenated alkanes) is 3. The van der Waals surface area contributed by atoms with Crippen LogP contribution in [0.15, 0.2) is 22.7 Å². The van der Waals surface area contributed by atoms with Crippen molar-refractivity contribution < 1.29 is 9.84 Å². The monoisotopic (exact) mass is 326 g/mol. The standard InChI is InChI=1S/C16H23BrO2/c1-3-4-5-6-9-16(2)11-14(18)13-10-12(17)7-8-15(13)19-16/h7-8,10,14,18H,3-6,9,11H2,1-2H3/t14-,16?/m0/s1. The quantitative estimate of drug-likeness (QED) is 0.772. The number of halogens is 1. The van der Waals surface area contributed by atoms with Crippen LogP contribution in [0.1, 0.15) is 64.0 Å². The Balaban J connectivity index is 2.04. The molecule has 0 fully saturated rings. The summed E-state index contributed by atoms with van der Waals surface area (Å²) in [7, 11) is 0. The van der Waals surface area contributed by atoms with Crippen molar-refractivity contribution in [1.29, 1.82) is 0 Å². The minimum Gasteiger partial charge on any atom is -0.487 e. The van der Waals surface area contributed by atoms with Crippen LogP contribution in [0.4, 0.5) is 0 Å². The molecule has 2 rings (SSSR count). The first kappa shape index (κ1) is 14.9. The number of aliphatic hydroxyl groups is 1. The largest absolute Gasteiger partial charge is 0.487 e. The fourth-order valence-electron chi connectivity index (χ4n) is 2.78. The lowest BCUT2D eigenvalue weighted by molar-refractivity contribution is -0.00852. The molecule has 0 saturated heterocycles. The molecule has 1 aliphatic heterocycles. The van der Waals surface area contributed by atoms with Gasteiger partial charge in [-0.2, -0.15) is 0 Å². The van der Waals surface area contributed by atoms with E-state index in [-0.39, 0.29) is 5.60 Å².